The molecule has 3 N–H and O–H groups in total. The van der Waals surface area contributed by atoms with Crippen LogP contribution in [0.1, 0.15) is 0 Å². The largest absolute Gasteiger partial charge is 0.501 e. The molecule has 0 aromatic carbocycles. The van der Waals surface area contributed by atoms with Crippen LogP contribution in [0.2, 0.25) is 0 Å². The maximum Gasteiger partial charge on any atom is 0.379 e. The third-order valence-corrected chi connectivity index (χ3v) is 2.07. The lowest BCUT2D eigenvalue weighted by molar-refractivity contribution is 0.396. The van der Waals surface area contributed by atoms with Crippen LogP contribution in [0.15, 0.2) is 26.4 Å². The van der Waals surface area contributed by atoms with Gasteiger partial charge in [0.2, 0.25) is 15.8 Å². The van der Waals surface area contributed by atoms with Crippen LogP contribution < -0.4 is 10.8 Å². The molecule has 0 aliphatic carbocycles. The smallest absolute Gasteiger partial charge is 0.379 e. The summed E-state index contributed by atoms with van der Waals surface area (Å²) in [6, 6.07) is 0.895. The van der Waals surface area contributed by atoms with Crippen LogP contribution in [-0.4, -0.2) is 13.5 Å². The maximum absolute atomic E-state index is 10.6. The molecule has 6 nitrogen and oxygen atoms in total. The van der Waals surface area contributed by atoms with Gasteiger partial charge in [-0.3, -0.25) is 0 Å². The van der Waals surface area contributed by atoms with Gasteiger partial charge in [0, 0.05) is 0 Å². The summed E-state index contributed by atoms with van der Waals surface area (Å²) in [5.41, 5.74) is -1.14. The van der Waals surface area contributed by atoms with Crippen molar-refractivity contribution in [2.75, 3.05) is 0 Å². The van der Waals surface area contributed by atoms with Gasteiger partial charge in [-0.1, -0.05) is 0 Å². The average molecular weight is 191 g/mol. The predicted molar refractivity (Wildman–Crippen MR) is 38.0 cm³/mol. The van der Waals surface area contributed by atoms with Gasteiger partial charge in [0.05, 0.1) is 6.26 Å². The van der Waals surface area contributed by atoms with Gasteiger partial charge in [-0.05, 0) is 6.07 Å². The van der Waals surface area contributed by atoms with E-state index >= 15 is 0 Å². The lowest BCUT2D eigenvalue weighted by atomic mass is 10.5. The van der Waals surface area contributed by atoms with Crippen molar-refractivity contribution in [3.05, 3.63) is 22.7 Å². The predicted octanol–water partition coefficient (Wildman–Crippen LogP) is -1.01. The third-order valence-electron chi connectivity index (χ3n) is 1.13. The highest BCUT2D eigenvalue weighted by atomic mass is 32.2. The van der Waals surface area contributed by atoms with Gasteiger partial charge < -0.3 is 9.52 Å². The molecule has 1 rings (SSSR count). The summed E-state index contributed by atoms with van der Waals surface area (Å²) in [6.07, 6.45) is 0.835. The zero-order chi connectivity index (χ0) is 9.35. The number of nitrogens with two attached hydrogens (primary N) is 1. The topological polar surface area (TPSA) is 111 Å². The maximum atomic E-state index is 10.6. The molecule has 0 saturated carbocycles. The van der Waals surface area contributed by atoms with Crippen molar-refractivity contribution in [1.82, 2.24) is 0 Å². The van der Waals surface area contributed by atoms with Crippen molar-refractivity contribution in [1.29, 1.82) is 0 Å². The van der Waals surface area contributed by atoms with E-state index < -0.39 is 26.3 Å². The zero-order valence-corrected chi connectivity index (χ0v) is 6.54. The Morgan fingerprint density at radius 2 is 2.08 bits per heavy atom. The molecule has 12 heavy (non-hydrogen) atoms. The first-order chi connectivity index (χ1) is 5.43. The summed E-state index contributed by atoms with van der Waals surface area (Å²) in [6.45, 7) is 0. The Kier molecular flexibility index (Phi) is 1.90. The van der Waals surface area contributed by atoms with Crippen LogP contribution in [0.5, 0.6) is 5.75 Å². The highest BCUT2D eigenvalue weighted by molar-refractivity contribution is 7.89. The lowest BCUT2D eigenvalue weighted by Gasteiger charge is -1.97. The quantitative estimate of drug-likeness (QED) is 0.591. The van der Waals surface area contributed by atoms with Crippen molar-refractivity contribution in [2.24, 2.45) is 5.14 Å². The minimum absolute atomic E-state index is 0.640. The summed E-state index contributed by atoms with van der Waals surface area (Å²) < 4.78 is 25.5. The van der Waals surface area contributed by atoms with Crippen LogP contribution in [0, 0.1) is 0 Å². The van der Waals surface area contributed by atoms with Gasteiger partial charge >= 0.3 is 5.63 Å². The molecule has 0 bridgehead atoms. The number of primary sulfonamides is 1. The first-order valence-corrected chi connectivity index (χ1v) is 4.31. The molecule has 7 heteroatoms. The van der Waals surface area contributed by atoms with Gasteiger partial charge in [0.15, 0.2) is 0 Å². The lowest BCUT2D eigenvalue weighted by Crippen LogP contribution is -2.15. The number of aromatic hydroxyl groups is 1. The Labute approximate surface area is 67.3 Å². The fourth-order valence-electron chi connectivity index (χ4n) is 0.623. The van der Waals surface area contributed by atoms with Gasteiger partial charge in [0.1, 0.15) is 4.90 Å². The molecule has 0 unspecified atom stereocenters. The molecule has 0 fully saturated rings. The van der Waals surface area contributed by atoms with Crippen LogP contribution in [-0.2, 0) is 10.0 Å². The van der Waals surface area contributed by atoms with Gasteiger partial charge in [0.25, 0.3) is 0 Å². The number of hydrogen-bond donors (Lipinski definition) is 2. The van der Waals surface area contributed by atoms with Crippen LogP contribution >= 0.6 is 0 Å². The van der Waals surface area contributed by atoms with Crippen LogP contribution in [0.4, 0.5) is 0 Å². The first-order valence-electron chi connectivity index (χ1n) is 2.76. The molecule has 0 aliphatic rings. The Balaban J connectivity index is 3.58. The summed E-state index contributed by atoms with van der Waals surface area (Å²) in [5, 5.41) is 13.5. The van der Waals surface area contributed by atoms with E-state index in [4.69, 9.17) is 5.11 Å². The molecule has 0 spiro atoms. The molecule has 0 saturated heterocycles. The normalized spacial score (nSPS) is 11.4. The Morgan fingerprint density at radius 3 is 2.50 bits per heavy atom. The highest BCUT2D eigenvalue weighted by Gasteiger charge is 2.16. The van der Waals surface area contributed by atoms with E-state index in [2.05, 4.69) is 9.56 Å². The van der Waals surface area contributed by atoms with E-state index in [-0.39, 0.29) is 0 Å². The molecule has 1 heterocycles. The van der Waals surface area contributed by atoms with Crippen molar-refractivity contribution < 1.29 is 17.9 Å². The molecule has 1 aromatic rings. The number of sulfonamides is 1. The number of rotatable bonds is 1. The molecule has 0 radical (unpaired) electrons. The molecular weight excluding hydrogens is 186 g/mol. The average Bonchev–Trinajstić information content (AvgIpc) is 1.92. The van der Waals surface area contributed by atoms with Crippen molar-refractivity contribution in [2.45, 2.75) is 4.90 Å². The minimum Gasteiger partial charge on any atom is -0.501 e. The second-order valence-corrected chi connectivity index (χ2v) is 3.50. The molecule has 0 atom stereocenters. The SMILES string of the molecule is NS(=O)(=O)c1ccoc(=O)c1O. The molecular formula is C5H5NO5S. The van der Waals surface area contributed by atoms with E-state index in [1.54, 1.807) is 0 Å². The molecule has 1 aromatic heterocycles. The van der Waals surface area contributed by atoms with E-state index in [0.29, 0.717) is 0 Å². The fourth-order valence-corrected chi connectivity index (χ4v) is 1.22. The van der Waals surface area contributed by atoms with Gasteiger partial charge in [-0.15, -0.1) is 0 Å². The Morgan fingerprint density at radius 1 is 1.50 bits per heavy atom. The summed E-state index contributed by atoms with van der Waals surface area (Å²) in [4.78, 5) is 9.91. The summed E-state index contributed by atoms with van der Waals surface area (Å²) in [5.74, 6) is -1.000. The standard InChI is InChI=1S/C5H5NO5S/c6-12(9,10)3-1-2-11-5(8)4(3)7/h1-2,7H,(H2,6,9,10). The van der Waals surface area contributed by atoms with E-state index in [0.717, 1.165) is 12.3 Å². The molecule has 0 amide bonds. The van der Waals surface area contributed by atoms with E-state index in [1.165, 1.54) is 0 Å². The fraction of sp³-hybridized carbons (Fsp3) is 0. The van der Waals surface area contributed by atoms with Crippen molar-refractivity contribution >= 4 is 10.0 Å². The number of hydrogen-bond acceptors (Lipinski definition) is 5. The van der Waals surface area contributed by atoms with Gasteiger partial charge in [-0.25, -0.2) is 18.4 Å². The van der Waals surface area contributed by atoms with E-state index in [9.17, 15) is 13.2 Å². The zero-order valence-electron chi connectivity index (χ0n) is 5.72. The Hall–Kier alpha value is -1.34. The second-order valence-electron chi connectivity index (χ2n) is 1.97. The molecule has 0 aliphatic heterocycles. The monoisotopic (exact) mass is 191 g/mol. The Bertz CT molecular complexity index is 445. The van der Waals surface area contributed by atoms with Gasteiger partial charge in [-0.2, -0.15) is 0 Å². The third kappa shape index (κ3) is 1.46. The van der Waals surface area contributed by atoms with Crippen molar-refractivity contribution in [3.63, 3.8) is 0 Å². The van der Waals surface area contributed by atoms with Crippen LogP contribution in [0.25, 0.3) is 0 Å². The summed E-state index contributed by atoms with van der Waals surface area (Å²) >= 11 is 0. The second kappa shape index (κ2) is 2.61. The first kappa shape index (κ1) is 8.75. The van der Waals surface area contributed by atoms with E-state index in [1.807, 2.05) is 0 Å². The minimum atomic E-state index is -4.07. The molecule has 66 valence electrons. The highest BCUT2D eigenvalue weighted by Crippen LogP contribution is 2.14. The van der Waals surface area contributed by atoms with Crippen molar-refractivity contribution in [3.8, 4) is 5.75 Å². The van der Waals surface area contributed by atoms with Crippen LogP contribution in [0.3, 0.4) is 0 Å². The summed E-state index contributed by atoms with van der Waals surface area (Å²) in [7, 11) is -4.07.